The molecule has 18 heavy (non-hydrogen) atoms. The van der Waals surface area contributed by atoms with E-state index in [-0.39, 0.29) is 5.41 Å². The molecule has 104 valence electrons. The standard InChI is InChI=1S/C15H27NO2/c1-3-14-5-7-15(13-16,8-6-14)9-12-18-11-4-10-17-2/h14H,3-12H2,1-2H3. The highest BCUT2D eigenvalue weighted by molar-refractivity contribution is 5.01. The Labute approximate surface area is 111 Å². The summed E-state index contributed by atoms with van der Waals surface area (Å²) in [6.07, 6.45) is 7.64. The maximum Gasteiger partial charge on any atom is 0.0690 e. The highest BCUT2D eigenvalue weighted by atomic mass is 16.5. The highest BCUT2D eigenvalue weighted by Crippen LogP contribution is 2.41. The Morgan fingerprint density at radius 2 is 1.94 bits per heavy atom. The number of hydrogen-bond acceptors (Lipinski definition) is 3. The van der Waals surface area contributed by atoms with Gasteiger partial charge >= 0.3 is 0 Å². The summed E-state index contributed by atoms with van der Waals surface area (Å²) >= 11 is 0. The van der Waals surface area contributed by atoms with Crippen molar-refractivity contribution >= 4 is 0 Å². The van der Waals surface area contributed by atoms with E-state index in [0.29, 0.717) is 6.61 Å². The van der Waals surface area contributed by atoms with Crippen LogP contribution >= 0.6 is 0 Å². The van der Waals surface area contributed by atoms with Crippen molar-refractivity contribution in [2.24, 2.45) is 11.3 Å². The molecule has 0 spiro atoms. The summed E-state index contributed by atoms with van der Waals surface area (Å²) in [6, 6.07) is 2.56. The second-order valence-corrected chi connectivity index (χ2v) is 5.45. The van der Waals surface area contributed by atoms with Gasteiger partial charge in [-0.3, -0.25) is 0 Å². The van der Waals surface area contributed by atoms with Gasteiger partial charge in [-0.15, -0.1) is 0 Å². The van der Waals surface area contributed by atoms with Crippen LogP contribution in [0.15, 0.2) is 0 Å². The molecule has 3 heteroatoms. The zero-order valence-electron chi connectivity index (χ0n) is 11.9. The fourth-order valence-electron chi connectivity index (χ4n) is 2.73. The topological polar surface area (TPSA) is 42.2 Å². The smallest absolute Gasteiger partial charge is 0.0690 e. The molecule has 1 rings (SSSR count). The SMILES string of the molecule is CCC1CCC(C#N)(CCOCCCOC)CC1. The molecule has 1 aliphatic rings. The van der Waals surface area contributed by atoms with Crippen LogP contribution in [0.3, 0.4) is 0 Å². The lowest BCUT2D eigenvalue weighted by Crippen LogP contribution is -2.27. The minimum Gasteiger partial charge on any atom is -0.385 e. The van der Waals surface area contributed by atoms with E-state index in [4.69, 9.17) is 9.47 Å². The molecule has 0 aromatic carbocycles. The molecule has 0 saturated heterocycles. The normalized spacial score (nSPS) is 27.9. The zero-order chi connectivity index (χ0) is 13.3. The Hall–Kier alpha value is -0.590. The van der Waals surface area contributed by atoms with Gasteiger partial charge in [0, 0.05) is 26.9 Å². The van der Waals surface area contributed by atoms with Crippen molar-refractivity contribution < 1.29 is 9.47 Å². The van der Waals surface area contributed by atoms with Crippen LogP contribution in [-0.4, -0.2) is 26.9 Å². The molecule has 1 aliphatic carbocycles. The molecule has 1 fully saturated rings. The predicted molar refractivity (Wildman–Crippen MR) is 72.2 cm³/mol. The van der Waals surface area contributed by atoms with E-state index in [9.17, 15) is 5.26 Å². The maximum absolute atomic E-state index is 9.42. The summed E-state index contributed by atoms with van der Waals surface area (Å²) in [5, 5.41) is 9.42. The molecular formula is C15H27NO2. The van der Waals surface area contributed by atoms with E-state index < -0.39 is 0 Å². The van der Waals surface area contributed by atoms with Gasteiger partial charge in [0.25, 0.3) is 0 Å². The van der Waals surface area contributed by atoms with Crippen LogP contribution in [0.1, 0.15) is 51.9 Å². The third kappa shape index (κ3) is 4.96. The summed E-state index contributed by atoms with van der Waals surface area (Å²) in [5.74, 6) is 0.842. The molecule has 0 atom stereocenters. The van der Waals surface area contributed by atoms with Crippen molar-refractivity contribution in [3.05, 3.63) is 0 Å². The summed E-state index contributed by atoms with van der Waals surface area (Å²) in [5.41, 5.74) is -0.104. The third-order valence-electron chi connectivity index (χ3n) is 4.24. The first kappa shape index (κ1) is 15.5. The van der Waals surface area contributed by atoms with Gasteiger partial charge in [-0.1, -0.05) is 13.3 Å². The van der Waals surface area contributed by atoms with E-state index in [1.165, 1.54) is 19.3 Å². The number of rotatable bonds is 8. The number of methoxy groups -OCH3 is 1. The van der Waals surface area contributed by atoms with Crippen LogP contribution in [-0.2, 0) is 9.47 Å². The van der Waals surface area contributed by atoms with Crippen molar-refractivity contribution in [1.29, 1.82) is 5.26 Å². The molecule has 0 amide bonds. The van der Waals surface area contributed by atoms with Crippen LogP contribution < -0.4 is 0 Å². The summed E-state index contributed by atoms with van der Waals surface area (Å²) in [6.45, 7) is 4.46. The van der Waals surface area contributed by atoms with Gasteiger partial charge in [-0.05, 0) is 44.4 Å². The Morgan fingerprint density at radius 1 is 1.22 bits per heavy atom. The largest absolute Gasteiger partial charge is 0.385 e. The number of nitriles is 1. The van der Waals surface area contributed by atoms with Crippen molar-refractivity contribution in [2.45, 2.75) is 51.9 Å². The monoisotopic (exact) mass is 253 g/mol. The zero-order valence-corrected chi connectivity index (χ0v) is 11.9. The first-order chi connectivity index (χ1) is 8.76. The minimum absolute atomic E-state index is 0.104. The van der Waals surface area contributed by atoms with Crippen molar-refractivity contribution in [3.8, 4) is 6.07 Å². The van der Waals surface area contributed by atoms with E-state index >= 15 is 0 Å². The van der Waals surface area contributed by atoms with Crippen LogP contribution in [0.4, 0.5) is 0 Å². The lowest BCUT2D eigenvalue weighted by atomic mass is 9.69. The van der Waals surface area contributed by atoms with Gasteiger partial charge in [0.15, 0.2) is 0 Å². The molecule has 0 aromatic heterocycles. The molecule has 0 N–H and O–H groups in total. The van der Waals surface area contributed by atoms with E-state index in [2.05, 4.69) is 13.0 Å². The Kier molecular flexibility index (Phi) is 7.31. The lowest BCUT2D eigenvalue weighted by Gasteiger charge is -2.34. The quantitative estimate of drug-likeness (QED) is 0.621. The molecule has 0 radical (unpaired) electrons. The lowest BCUT2D eigenvalue weighted by molar-refractivity contribution is 0.0735. The molecule has 0 aromatic rings. The number of hydrogen-bond donors (Lipinski definition) is 0. The van der Waals surface area contributed by atoms with Gasteiger partial charge in [-0.2, -0.15) is 5.26 Å². The molecule has 0 bridgehead atoms. The van der Waals surface area contributed by atoms with Crippen molar-refractivity contribution in [2.75, 3.05) is 26.9 Å². The van der Waals surface area contributed by atoms with Crippen molar-refractivity contribution in [1.82, 2.24) is 0 Å². The Balaban J connectivity index is 2.19. The van der Waals surface area contributed by atoms with E-state index in [1.54, 1.807) is 7.11 Å². The van der Waals surface area contributed by atoms with E-state index in [0.717, 1.165) is 44.8 Å². The van der Waals surface area contributed by atoms with Crippen LogP contribution in [0, 0.1) is 22.7 Å². The fraction of sp³-hybridized carbons (Fsp3) is 0.933. The molecular weight excluding hydrogens is 226 g/mol. The molecule has 1 saturated carbocycles. The molecule has 0 unspecified atom stereocenters. The average molecular weight is 253 g/mol. The summed E-state index contributed by atoms with van der Waals surface area (Å²) in [7, 11) is 1.71. The van der Waals surface area contributed by atoms with Gasteiger partial charge < -0.3 is 9.47 Å². The fourth-order valence-corrected chi connectivity index (χ4v) is 2.73. The van der Waals surface area contributed by atoms with Crippen LogP contribution in [0.5, 0.6) is 0 Å². The van der Waals surface area contributed by atoms with Gasteiger partial charge in [0.1, 0.15) is 0 Å². The molecule has 0 heterocycles. The van der Waals surface area contributed by atoms with Crippen molar-refractivity contribution in [3.63, 3.8) is 0 Å². The number of ether oxygens (including phenoxy) is 2. The second kappa shape index (κ2) is 8.50. The maximum atomic E-state index is 9.42. The Bertz CT molecular complexity index is 252. The third-order valence-corrected chi connectivity index (χ3v) is 4.24. The van der Waals surface area contributed by atoms with E-state index in [1.807, 2.05) is 0 Å². The van der Waals surface area contributed by atoms with Crippen LogP contribution in [0.2, 0.25) is 0 Å². The summed E-state index contributed by atoms with van der Waals surface area (Å²) < 4.78 is 10.6. The predicted octanol–water partition coefficient (Wildman–Crippen LogP) is 3.54. The van der Waals surface area contributed by atoms with Gasteiger partial charge in [0.05, 0.1) is 11.5 Å². The number of nitrogens with zero attached hydrogens (tertiary/aromatic N) is 1. The van der Waals surface area contributed by atoms with Crippen LogP contribution in [0.25, 0.3) is 0 Å². The minimum atomic E-state index is -0.104. The second-order valence-electron chi connectivity index (χ2n) is 5.45. The molecule has 0 aliphatic heterocycles. The Morgan fingerprint density at radius 3 is 2.50 bits per heavy atom. The summed E-state index contributed by atoms with van der Waals surface area (Å²) in [4.78, 5) is 0. The first-order valence-corrected chi connectivity index (χ1v) is 7.24. The first-order valence-electron chi connectivity index (χ1n) is 7.24. The highest BCUT2D eigenvalue weighted by Gasteiger charge is 2.34. The van der Waals surface area contributed by atoms with Gasteiger partial charge in [-0.25, -0.2) is 0 Å². The van der Waals surface area contributed by atoms with Gasteiger partial charge in [0.2, 0.25) is 0 Å². The molecule has 3 nitrogen and oxygen atoms in total. The average Bonchev–Trinajstić information content (AvgIpc) is 2.43.